The van der Waals surface area contributed by atoms with Crippen LogP contribution in [0.3, 0.4) is 0 Å². The van der Waals surface area contributed by atoms with Gasteiger partial charge in [-0.05, 0) is 48.6 Å². The number of thiophene rings is 1. The standard InChI is InChI=1S/C19H24N2O3S/c1-23-16-8-6-15(7-9-16)21(14-18-5-3-11-25-18)19(22)13-20-12-17-4-2-10-24-17/h3,5-9,11,17,20H,2,4,10,12-14H2,1H3. The van der Waals surface area contributed by atoms with Crippen molar-refractivity contribution >= 4 is 22.9 Å². The minimum atomic E-state index is 0.0524. The van der Waals surface area contributed by atoms with Crippen LogP contribution in [0.5, 0.6) is 5.75 Å². The van der Waals surface area contributed by atoms with Gasteiger partial charge in [-0.15, -0.1) is 11.3 Å². The van der Waals surface area contributed by atoms with Gasteiger partial charge in [-0.3, -0.25) is 4.79 Å². The summed E-state index contributed by atoms with van der Waals surface area (Å²) < 4.78 is 10.8. The molecule has 1 aliphatic rings. The van der Waals surface area contributed by atoms with Gasteiger partial charge in [-0.2, -0.15) is 0 Å². The summed E-state index contributed by atoms with van der Waals surface area (Å²) in [4.78, 5) is 15.8. The third-order valence-corrected chi connectivity index (χ3v) is 5.11. The zero-order valence-corrected chi connectivity index (χ0v) is 15.3. The molecule has 1 unspecified atom stereocenters. The van der Waals surface area contributed by atoms with Crippen LogP contribution in [0.2, 0.25) is 0 Å². The van der Waals surface area contributed by atoms with Gasteiger partial charge in [0.2, 0.25) is 5.91 Å². The lowest BCUT2D eigenvalue weighted by Crippen LogP contribution is -2.40. The van der Waals surface area contributed by atoms with Gasteiger partial charge in [0.25, 0.3) is 0 Å². The molecular weight excluding hydrogens is 336 g/mol. The fraction of sp³-hybridized carbons (Fsp3) is 0.421. The van der Waals surface area contributed by atoms with E-state index in [-0.39, 0.29) is 12.0 Å². The molecule has 2 aromatic rings. The van der Waals surface area contributed by atoms with Crippen LogP contribution in [-0.2, 0) is 16.1 Å². The molecule has 1 saturated heterocycles. The molecule has 2 heterocycles. The minimum Gasteiger partial charge on any atom is -0.497 e. The third-order valence-electron chi connectivity index (χ3n) is 4.25. The quantitative estimate of drug-likeness (QED) is 0.786. The number of amides is 1. The first-order chi connectivity index (χ1) is 12.3. The highest BCUT2D eigenvalue weighted by Gasteiger charge is 2.19. The smallest absolute Gasteiger partial charge is 0.241 e. The average Bonchev–Trinajstić information content (AvgIpc) is 3.33. The normalized spacial score (nSPS) is 16.8. The second kappa shape index (κ2) is 8.99. The molecule has 25 heavy (non-hydrogen) atoms. The predicted octanol–water partition coefficient (Wildman–Crippen LogP) is 3.06. The number of anilines is 1. The number of carbonyl (C=O) groups excluding carboxylic acids is 1. The van der Waals surface area contributed by atoms with Gasteiger partial charge in [0, 0.05) is 23.7 Å². The Morgan fingerprint density at radius 1 is 1.36 bits per heavy atom. The fourth-order valence-corrected chi connectivity index (χ4v) is 3.58. The number of methoxy groups -OCH3 is 1. The monoisotopic (exact) mass is 360 g/mol. The van der Waals surface area contributed by atoms with E-state index in [1.54, 1.807) is 18.4 Å². The van der Waals surface area contributed by atoms with Crippen LogP contribution in [0.25, 0.3) is 0 Å². The van der Waals surface area contributed by atoms with Gasteiger partial charge in [0.1, 0.15) is 5.75 Å². The van der Waals surface area contributed by atoms with Crippen molar-refractivity contribution in [3.63, 3.8) is 0 Å². The van der Waals surface area contributed by atoms with Crippen molar-refractivity contribution in [3.05, 3.63) is 46.7 Å². The zero-order chi connectivity index (χ0) is 17.5. The van der Waals surface area contributed by atoms with E-state index >= 15 is 0 Å². The molecular formula is C19H24N2O3S. The number of rotatable bonds is 8. The van der Waals surface area contributed by atoms with Crippen molar-refractivity contribution in [2.24, 2.45) is 0 Å². The van der Waals surface area contributed by atoms with Gasteiger partial charge in [0.15, 0.2) is 0 Å². The summed E-state index contributed by atoms with van der Waals surface area (Å²) in [6.07, 6.45) is 2.41. The van der Waals surface area contributed by atoms with Gasteiger partial charge in [-0.1, -0.05) is 6.07 Å². The molecule has 1 aromatic carbocycles. The van der Waals surface area contributed by atoms with Gasteiger partial charge in [-0.25, -0.2) is 0 Å². The lowest BCUT2D eigenvalue weighted by molar-refractivity contribution is -0.118. The summed E-state index contributed by atoms with van der Waals surface area (Å²) in [5.41, 5.74) is 0.873. The molecule has 1 atom stereocenters. The summed E-state index contributed by atoms with van der Waals surface area (Å²) >= 11 is 1.66. The van der Waals surface area contributed by atoms with Crippen molar-refractivity contribution in [3.8, 4) is 5.75 Å². The Balaban J connectivity index is 1.64. The number of hydrogen-bond donors (Lipinski definition) is 1. The summed E-state index contributed by atoms with van der Waals surface area (Å²) in [6.45, 7) is 2.43. The molecule has 0 bridgehead atoms. The molecule has 134 valence electrons. The maximum Gasteiger partial charge on any atom is 0.241 e. The van der Waals surface area contributed by atoms with E-state index in [9.17, 15) is 4.79 Å². The molecule has 0 aliphatic carbocycles. The van der Waals surface area contributed by atoms with Crippen molar-refractivity contribution in [2.75, 3.05) is 31.7 Å². The second-order valence-corrected chi connectivity index (χ2v) is 7.06. The van der Waals surface area contributed by atoms with E-state index in [1.165, 1.54) is 0 Å². The van der Waals surface area contributed by atoms with Crippen LogP contribution in [-0.4, -0.2) is 38.8 Å². The first-order valence-corrected chi connectivity index (χ1v) is 9.43. The molecule has 5 nitrogen and oxygen atoms in total. The lowest BCUT2D eigenvalue weighted by Gasteiger charge is -2.23. The Morgan fingerprint density at radius 3 is 2.84 bits per heavy atom. The van der Waals surface area contributed by atoms with Crippen LogP contribution in [0.4, 0.5) is 5.69 Å². The molecule has 1 N–H and O–H groups in total. The molecule has 6 heteroatoms. The number of hydrogen-bond acceptors (Lipinski definition) is 5. The number of benzene rings is 1. The Hall–Kier alpha value is -1.89. The maximum absolute atomic E-state index is 12.8. The van der Waals surface area contributed by atoms with Crippen LogP contribution >= 0.6 is 11.3 Å². The first-order valence-electron chi connectivity index (χ1n) is 8.55. The summed E-state index contributed by atoms with van der Waals surface area (Å²) in [5.74, 6) is 0.834. The number of carbonyl (C=O) groups is 1. The predicted molar refractivity (Wildman–Crippen MR) is 100 cm³/mol. The molecule has 1 aliphatic heterocycles. The highest BCUT2D eigenvalue weighted by molar-refractivity contribution is 7.09. The van der Waals surface area contributed by atoms with E-state index in [1.807, 2.05) is 46.7 Å². The van der Waals surface area contributed by atoms with Crippen LogP contribution in [0.1, 0.15) is 17.7 Å². The largest absolute Gasteiger partial charge is 0.497 e. The Labute approximate surface area is 152 Å². The summed E-state index contributed by atoms with van der Waals surface area (Å²) in [6, 6.07) is 11.7. The minimum absolute atomic E-state index is 0.0524. The number of nitrogens with one attached hydrogen (secondary N) is 1. The van der Waals surface area contributed by atoms with Crippen molar-refractivity contribution in [2.45, 2.75) is 25.5 Å². The van der Waals surface area contributed by atoms with Crippen molar-refractivity contribution in [1.82, 2.24) is 5.32 Å². The molecule has 0 spiro atoms. The van der Waals surface area contributed by atoms with Crippen molar-refractivity contribution < 1.29 is 14.3 Å². The first kappa shape index (κ1) is 17.9. The van der Waals surface area contributed by atoms with Gasteiger partial charge in [0.05, 0.1) is 26.3 Å². The van der Waals surface area contributed by atoms with E-state index < -0.39 is 0 Å². The van der Waals surface area contributed by atoms with Crippen LogP contribution < -0.4 is 15.0 Å². The highest BCUT2D eigenvalue weighted by Crippen LogP contribution is 2.23. The second-order valence-electron chi connectivity index (χ2n) is 6.02. The average molecular weight is 360 g/mol. The molecule has 3 rings (SSSR count). The SMILES string of the molecule is COc1ccc(N(Cc2cccs2)C(=O)CNCC2CCCO2)cc1. The van der Waals surface area contributed by atoms with Gasteiger partial charge >= 0.3 is 0 Å². The Bertz CT molecular complexity index is 652. The molecule has 0 saturated carbocycles. The molecule has 1 fully saturated rings. The third kappa shape index (κ3) is 5.04. The highest BCUT2D eigenvalue weighted by atomic mass is 32.1. The maximum atomic E-state index is 12.8. The van der Waals surface area contributed by atoms with E-state index in [4.69, 9.17) is 9.47 Å². The van der Waals surface area contributed by atoms with Crippen LogP contribution in [0, 0.1) is 0 Å². The Morgan fingerprint density at radius 2 is 2.20 bits per heavy atom. The van der Waals surface area contributed by atoms with E-state index in [2.05, 4.69) is 5.32 Å². The summed E-state index contributed by atoms with van der Waals surface area (Å²) in [7, 11) is 1.64. The lowest BCUT2D eigenvalue weighted by atomic mass is 10.2. The fourth-order valence-electron chi connectivity index (χ4n) is 2.88. The number of ether oxygens (including phenoxy) is 2. The number of nitrogens with zero attached hydrogens (tertiary/aromatic N) is 1. The molecule has 1 amide bonds. The van der Waals surface area contributed by atoms with Crippen LogP contribution in [0.15, 0.2) is 41.8 Å². The Kier molecular flexibility index (Phi) is 6.44. The topological polar surface area (TPSA) is 50.8 Å². The van der Waals surface area contributed by atoms with E-state index in [0.29, 0.717) is 13.1 Å². The van der Waals surface area contributed by atoms with E-state index in [0.717, 1.165) is 42.3 Å². The van der Waals surface area contributed by atoms with Crippen molar-refractivity contribution in [1.29, 1.82) is 0 Å². The summed E-state index contributed by atoms with van der Waals surface area (Å²) in [5, 5.41) is 5.27. The van der Waals surface area contributed by atoms with Gasteiger partial charge < -0.3 is 19.7 Å². The molecule has 1 aromatic heterocycles. The zero-order valence-electron chi connectivity index (χ0n) is 14.4. The molecule has 0 radical (unpaired) electrons.